The van der Waals surface area contributed by atoms with Crippen LogP contribution in [-0.2, 0) is 17.8 Å². The summed E-state index contributed by atoms with van der Waals surface area (Å²) >= 11 is 0. The van der Waals surface area contributed by atoms with Crippen LogP contribution in [0.1, 0.15) is 35.7 Å². The molecule has 8 nitrogen and oxygen atoms in total. The molecule has 0 aliphatic carbocycles. The lowest BCUT2D eigenvalue weighted by molar-refractivity contribution is -0.132. The number of aromatic nitrogens is 4. The van der Waals surface area contributed by atoms with E-state index in [1.807, 2.05) is 38.1 Å². The minimum absolute atomic E-state index is 0.0327. The zero-order valence-corrected chi connectivity index (χ0v) is 16.2. The number of amides is 1. The molecule has 1 amide bonds. The fraction of sp³-hybridized carbons (Fsp3) is 0.400. The molecular formula is C20H25N5O3. The van der Waals surface area contributed by atoms with E-state index in [9.17, 15) is 9.90 Å². The molecule has 0 radical (unpaired) electrons. The molecule has 28 heavy (non-hydrogen) atoms. The van der Waals surface area contributed by atoms with Gasteiger partial charge in [-0.05, 0) is 20.3 Å². The molecule has 0 fully saturated rings. The smallest absolute Gasteiger partial charge is 0.226 e. The van der Waals surface area contributed by atoms with Gasteiger partial charge < -0.3 is 19.5 Å². The minimum atomic E-state index is -0.0845. The number of hydrogen-bond donors (Lipinski definition) is 2. The molecule has 0 aliphatic rings. The first-order valence-corrected chi connectivity index (χ1v) is 9.34. The maximum Gasteiger partial charge on any atom is 0.226 e. The number of H-pyrrole nitrogens is 1. The molecule has 0 aliphatic heterocycles. The van der Waals surface area contributed by atoms with E-state index in [2.05, 4.69) is 20.1 Å². The zero-order valence-electron chi connectivity index (χ0n) is 16.2. The number of aryl methyl sites for hydroxylation is 3. The summed E-state index contributed by atoms with van der Waals surface area (Å²) in [7, 11) is 0. The van der Waals surface area contributed by atoms with Crippen LogP contribution in [0.3, 0.4) is 0 Å². The van der Waals surface area contributed by atoms with E-state index in [4.69, 9.17) is 4.52 Å². The molecule has 0 atom stereocenters. The zero-order chi connectivity index (χ0) is 19.9. The minimum Gasteiger partial charge on any atom is -0.395 e. The van der Waals surface area contributed by atoms with Crippen LogP contribution < -0.4 is 0 Å². The topological polar surface area (TPSA) is 108 Å². The van der Waals surface area contributed by atoms with Gasteiger partial charge in [0.15, 0.2) is 0 Å². The molecule has 0 spiro atoms. The van der Waals surface area contributed by atoms with Gasteiger partial charge in [-0.15, -0.1) is 0 Å². The SMILES string of the molecule is Cc1ccc(-c2noc(CCCC(=O)N(CCO)Cc3nc[nH]c3C)n2)cc1. The normalized spacial score (nSPS) is 11.0. The average molecular weight is 383 g/mol. The number of carbonyl (C=O) groups is 1. The van der Waals surface area contributed by atoms with Crippen LogP contribution >= 0.6 is 0 Å². The van der Waals surface area contributed by atoms with Crippen LogP contribution in [0.2, 0.25) is 0 Å². The number of aromatic amines is 1. The van der Waals surface area contributed by atoms with Crippen LogP contribution in [0, 0.1) is 13.8 Å². The predicted molar refractivity (Wildman–Crippen MR) is 103 cm³/mol. The molecule has 3 aromatic rings. The molecule has 3 rings (SSSR count). The van der Waals surface area contributed by atoms with E-state index in [0.717, 1.165) is 17.0 Å². The number of nitrogens with zero attached hydrogens (tertiary/aromatic N) is 4. The molecule has 2 aromatic heterocycles. The van der Waals surface area contributed by atoms with Crippen molar-refractivity contribution in [1.82, 2.24) is 25.0 Å². The van der Waals surface area contributed by atoms with Gasteiger partial charge in [0.1, 0.15) is 0 Å². The summed E-state index contributed by atoms with van der Waals surface area (Å²) in [5.41, 5.74) is 3.80. The Hall–Kier alpha value is -3.00. The number of aliphatic hydroxyl groups excluding tert-OH is 1. The third kappa shape index (κ3) is 5.04. The van der Waals surface area contributed by atoms with E-state index in [0.29, 0.717) is 37.5 Å². The Labute approximate surface area is 163 Å². The Morgan fingerprint density at radius 1 is 1.25 bits per heavy atom. The number of nitrogens with one attached hydrogen (secondary N) is 1. The molecule has 2 heterocycles. The van der Waals surface area contributed by atoms with Crippen molar-refractivity contribution in [3.05, 3.63) is 53.4 Å². The van der Waals surface area contributed by atoms with Crippen molar-refractivity contribution in [2.45, 2.75) is 39.7 Å². The highest BCUT2D eigenvalue weighted by molar-refractivity contribution is 5.76. The maximum atomic E-state index is 12.5. The Balaban J connectivity index is 1.52. The van der Waals surface area contributed by atoms with Crippen molar-refractivity contribution in [2.75, 3.05) is 13.2 Å². The van der Waals surface area contributed by atoms with Crippen molar-refractivity contribution in [3.8, 4) is 11.4 Å². The fourth-order valence-electron chi connectivity index (χ4n) is 2.87. The second kappa shape index (κ2) is 9.27. The standard InChI is InChI=1S/C20H25N5O3/c1-14-6-8-16(9-7-14)20-23-18(28-24-20)4-3-5-19(27)25(10-11-26)12-17-15(2)21-13-22-17/h6-9,13,26H,3-5,10-12H2,1-2H3,(H,21,22). The third-order valence-electron chi connectivity index (χ3n) is 4.56. The first kappa shape index (κ1) is 19.8. The monoisotopic (exact) mass is 383 g/mol. The quantitative estimate of drug-likeness (QED) is 0.587. The van der Waals surface area contributed by atoms with E-state index < -0.39 is 0 Å². The summed E-state index contributed by atoms with van der Waals surface area (Å²) in [5.74, 6) is 1.03. The number of aliphatic hydroxyl groups is 1. The summed E-state index contributed by atoms with van der Waals surface area (Å²) in [5, 5.41) is 13.3. The van der Waals surface area contributed by atoms with Crippen LogP contribution in [0.4, 0.5) is 0 Å². The molecule has 0 saturated heterocycles. The molecule has 0 unspecified atom stereocenters. The molecular weight excluding hydrogens is 358 g/mol. The van der Waals surface area contributed by atoms with Gasteiger partial charge in [0.05, 0.1) is 25.2 Å². The van der Waals surface area contributed by atoms with Crippen molar-refractivity contribution >= 4 is 5.91 Å². The second-order valence-electron chi connectivity index (χ2n) is 6.74. The van der Waals surface area contributed by atoms with Gasteiger partial charge in [0.2, 0.25) is 17.6 Å². The summed E-state index contributed by atoms with van der Waals surface area (Å²) in [4.78, 5) is 25.8. The van der Waals surface area contributed by atoms with Gasteiger partial charge in [0.25, 0.3) is 0 Å². The highest BCUT2D eigenvalue weighted by atomic mass is 16.5. The van der Waals surface area contributed by atoms with E-state index in [1.54, 1.807) is 11.2 Å². The average Bonchev–Trinajstić information content (AvgIpc) is 3.31. The van der Waals surface area contributed by atoms with Crippen LogP contribution in [0.25, 0.3) is 11.4 Å². The van der Waals surface area contributed by atoms with Gasteiger partial charge in [-0.25, -0.2) is 4.98 Å². The first-order chi connectivity index (χ1) is 13.6. The molecule has 1 aromatic carbocycles. The van der Waals surface area contributed by atoms with Crippen molar-refractivity contribution in [3.63, 3.8) is 0 Å². The van der Waals surface area contributed by atoms with Gasteiger partial charge in [-0.3, -0.25) is 4.79 Å². The highest BCUT2D eigenvalue weighted by Gasteiger charge is 2.16. The van der Waals surface area contributed by atoms with Gasteiger partial charge in [-0.2, -0.15) is 4.98 Å². The van der Waals surface area contributed by atoms with Gasteiger partial charge >= 0.3 is 0 Å². The second-order valence-corrected chi connectivity index (χ2v) is 6.74. The highest BCUT2D eigenvalue weighted by Crippen LogP contribution is 2.17. The Bertz CT molecular complexity index is 901. The van der Waals surface area contributed by atoms with E-state index in [-0.39, 0.29) is 19.1 Å². The number of rotatable bonds is 9. The molecule has 0 saturated carbocycles. The Morgan fingerprint density at radius 3 is 2.71 bits per heavy atom. The van der Waals surface area contributed by atoms with Crippen LogP contribution in [-0.4, -0.2) is 49.2 Å². The lowest BCUT2D eigenvalue weighted by Gasteiger charge is -2.21. The Kier molecular flexibility index (Phi) is 6.54. The van der Waals surface area contributed by atoms with Crippen molar-refractivity contribution in [2.24, 2.45) is 0 Å². The summed E-state index contributed by atoms with van der Waals surface area (Å²) in [6.45, 7) is 4.51. The van der Waals surface area contributed by atoms with E-state index >= 15 is 0 Å². The van der Waals surface area contributed by atoms with Crippen molar-refractivity contribution < 1.29 is 14.4 Å². The molecule has 2 N–H and O–H groups in total. The lowest BCUT2D eigenvalue weighted by Crippen LogP contribution is -2.33. The number of imidazole rings is 1. The molecule has 148 valence electrons. The van der Waals surface area contributed by atoms with Crippen LogP contribution in [0.15, 0.2) is 35.1 Å². The lowest BCUT2D eigenvalue weighted by atomic mass is 10.1. The summed E-state index contributed by atoms with van der Waals surface area (Å²) in [6, 6.07) is 7.91. The maximum absolute atomic E-state index is 12.5. The predicted octanol–water partition coefficient (Wildman–Crippen LogP) is 2.42. The molecule has 0 bridgehead atoms. The van der Waals surface area contributed by atoms with Gasteiger partial charge in [0, 0.05) is 30.6 Å². The first-order valence-electron chi connectivity index (χ1n) is 9.34. The summed E-state index contributed by atoms with van der Waals surface area (Å²) in [6.07, 6.45) is 3.06. The number of hydrogen-bond acceptors (Lipinski definition) is 6. The number of carbonyl (C=O) groups excluding carboxylic acids is 1. The third-order valence-corrected chi connectivity index (χ3v) is 4.56. The van der Waals surface area contributed by atoms with Crippen LogP contribution in [0.5, 0.6) is 0 Å². The summed E-state index contributed by atoms with van der Waals surface area (Å²) < 4.78 is 5.30. The largest absolute Gasteiger partial charge is 0.395 e. The van der Waals surface area contributed by atoms with Gasteiger partial charge in [-0.1, -0.05) is 35.0 Å². The molecule has 8 heteroatoms. The van der Waals surface area contributed by atoms with E-state index in [1.165, 1.54) is 5.56 Å². The number of benzene rings is 1. The van der Waals surface area contributed by atoms with Crippen molar-refractivity contribution in [1.29, 1.82) is 0 Å². The Morgan fingerprint density at radius 2 is 2.04 bits per heavy atom. The fourth-order valence-corrected chi connectivity index (χ4v) is 2.87.